The molecular weight excluding hydrogens is 499 g/mol. The van der Waals surface area contributed by atoms with Crippen LogP contribution >= 0.6 is 11.6 Å². The molecular formula is C22H29ClN3OPr-. The van der Waals surface area contributed by atoms with Gasteiger partial charge in [0, 0.05) is 71.0 Å². The number of benzene rings is 2. The molecule has 1 radical (unpaired) electrons. The van der Waals surface area contributed by atoms with Gasteiger partial charge in [-0.1, -0.05) is 67.1 Å². The van der Waals surface area contributed by atoms with E-state index >= 15 is 0 Å². The molecule has 6 heteroatoms. The van der Waals surface area contributed by atoms with Crippen molar-refractivity contribution in [1.82, 2.24) is 9.80 Å². The van der Waals surface area contributed by atoms with E-state index in [2.05, 4.69) is 61.2 Å². The third kappa shape index (κ3) is 8.08. The summed E-state index contributed by atoms with van der Waals surface area (Å²) in [6.07, 6.45) is 1.36. The average molecular weight is 528 g/mol. The number of hydrogen-bond acceptors (Lipinski definition) is 3. The number of amides is 1. The van der Waals surface area contributed by atoms with E-state index in [9.17, 15) is 4.79 Å². The van der Waals surface area contributed by atoms with Crippen LogP contribution in [0.1, 0.15) is 35.3 Å². The van der Waals surface area contributed by atoms with E-state index in [-0.39, 0.29) is 46.9 Å². The average Bonchev–Trinajstić information content (AvgIpc) is 3.06. The van der Waals surface area contributed by atoms with Crippen LogP contribution in [-0.4, -0.2) is 49.4 Å². The van der Waals surface area contributed by atoms with Crippen LogP contribution in [0.25, 0.3) is 5.73 Å². The maximum atomic E-state index is 10.4. The first-order valence-corrected chi connectivity index (χ1v) is 9.70. The van der Waals surface area contributed by atoms with Gasteiger partial charge < -0.3 is 20.3 Å². The molecule has 0 spiro atoms. The van der Waals surface area contributed by atoms with Crippen LogP contribution in [0.3, 0.4) is 0 Å². The van der Waals surface area contributed by atoms with E-state index in [1.165, 1.54) is 31.1 Å². The summed E-state index contributed by atoms with van der Waals surface area (Å²) < 4.78 is 0. The molecule has 4 nitrogen and oxygen atoms in total. The predicted octanol–water partition coefficient (Wildman–Crippen LogP) is 5.16. The summed E-state index contributed by atoms with van der Waals surface area (Å²) in [7, 11) is 4.36. The third-order valence-electron chi connectivity index (χ3n) is 4.87. The summed E-state index contributed by atoms with van der Waals surface area (Å²) in [5.41, 5.74) is 8.42. The van der Waals surface area contributed by atoms with Crippen LogP contribution in [-0.2, 0) is 0 Å². The normalized spacial score (nSPS) is 17.4. The molecule has 1 saturated heterocycles. The van der Waals surface area contributed by atoms with Gasteiger partial charge >= 0.3 is 0 Å². The fourth-order valence-corrected chi connectivity index (χ4v) is 3.55. The number of carbonyl (C=O) groups is 1. The molecule has 0 aromatic heterocycles. The summed E-state index contributed by atoms with van der Waals surface area (Å²) >= 11 is 5.58. The molecule has 1 N–H and O–H groups in total. The summed E-state index contributed by atoms with van der Waals surface area (Å²) in [6, 6.07) is 17.9. The largest absolute Gasteiger partial charge is 0.664 e. The minimum atomic E-state index is -0.745. The molecule has 2 aromatic carbocycles. The number of nitrogens with one attached hydrogen (secondary N) is 1. The zero-order valence-corrected chi connectivity index (χ0v) is 21.4. The number of likely N-dealkylation sites (tertiary alicyclic amines) is 1. The molecule has 1 fully saturated rings. The Morgan fingerprint density at radius 2 is 1.79 bits per heavy atom. The van der Waals surface area contributed by atoms with E-state index in [4.69, 9.17) is 17.3 Å². The van der Waals surface area contributed by atoms with Gasteiger partial charge in [0.15, 0.2) is 0 Å². The van der Waals surface area contributed by atoms with Gasteiger partial charge in [-0.3, -0.25) is 0 Å². The monoisotopic (exact) mass is 527 g/mol. The van der Waals surface area contributed by atoms with Gasteiger partial charge in [-0.05, 0) is 44.6 Å². The standard InChI is InChI=1S/C15H24N2.C7H6ClNO.Pr/c1-13-9-10-17(11-13)12-15(16(2)3)14-7-5-4-6-8-14;8-6-4-2-1-3-5(6)7(9)10;/h4-8,13,15H,9-12H2,1-3H3;1-4H,(H2,9,10);/p-1/t13-,15+;;/m0../s1. The Bertz CT molecular complexity index is 727. The van der Waals surface area contributed by atoms with E-state index in [1.807, 2.05) is 0 Å². The first kappa shape index (κ1) is 25.5. The van der Waals surface area contributed by atoms with Gasteiger partial charge in [0.25, 0.3) is 0 Å². The van der Waals surface area contributed by atoms with Gasteiger partial charge in [0.1, 0.15) is 0 Å². The van der Waals surface area contributed by atoms with Crippen LogP contribution in [0.2, 0.25) is 5.02 Å². The molecule has 149 valence electrons. The Labute approximate surface area is 207 Å². The van der Waals surface area contributed by atoms with E-state index in [0.717, 1.165) is 12.5 Å². The van der Waals surface area contributed by atoms with Gasteiger partial charge in [0.2, 0.25) is 0 Å². The second kappa shape index (κ2) is 12.9. The summed E-state index contributed by atoms with van der Waals surface area (Å²) in [5, 5.41) is 0.336. The third-order valence-corrected chi connectivity index (χ3v) is 5.19. The topological polar surface area (TPSA) is 47.4 Å². The molecule has 0 saturated carbocycles. The van der Waals surface area contributed by atoms with E-state index < -0.39 is 5.91 Å². The van der Waals surface area contributed by atoms with Crippen LogP contribution in [0.15, 0.2) is 54.6 Å². The van der Waals surface area contributed by atoms with Crippen molar-refractivity contribution in [2.24, 2.45) is 5.92 Å². The molecule has 1 aliphatic heterocycles. The fraction of sp³-hybridized carbons (Fsp3) is 0.409. The smallest absolute Gasteiger partial charge is 0.0811 e. The summed E-state index contributed by atoms with van der Waals surface area (Å²) in [6.45, 7) is 6.03. The second-order valence-electron chi connectivity index (χ2n) is 7.35. The minimum Gasteiger partial charge on any atom is -0.664 e. The molecule has 2 atom stereocenters. The molecule has 1 aliphatic rings. The van der Waals surface area contributed by atoms with Gasteiger partial charge in [-0.15, -0.1) is 0 Å². The molecule has 0 unspecified atom stereocenters. The first-order valence-electron chi connectivity index (χ1n) is 9.32. The number of nitrogens with zero attached hydrogens (tertiary/aromatic N) is 2. The second-order valence-corrected chi connectivity index (χ2v) is 7.76. The Morgan fingerprint density at radius 3 is 2.25 bits per heavy atom. The Morgan fingerprint density at radius 1 is 1.18 bits per heavy atom. The quantitative estimate of drug-likeness (QED) is 0.539. The predicted molar refractivity (Wildman–Crippen MR) is 113 cm³/mol. The maximum Gasteiger partial charge on any atom is 0.0811 e. The van der Waals surface area contributed by atoms with E-state index in [1.54, 1.807) is 18.2 Å². The zero-order chi connectivity index (χ0) is 19.8. The van der Waals surface area contributed by atoms with Crippen molar-refractivity contribution in [2.75, 3.05) is 33.7 Å². The minimum absolute atomic E-state index is 0. The number of hydrogen-bond donors (Lipinski definition) is 0. The Hall–Kier alpha value is -0.516. The van der Waals surface area contributed by atoms with Crippen molar-refractivity contribution in [3.05, 3.63) is 76.5 Å². The molecule has 2 aromatic rings. The number of likely N-dealkylation sites (N-methyl/N-ethyl adjacent to an activating group) is 1. The molecule has 0 bridgehead atoms. The molecule has 0 aliphatic carbocycles. The van der Waals surface area contributed by atoms with E-state index in [0.29, 0.717) is 11.1 Å². The summed E-state index contributed by atoms with van der Waals surface area (Å²) in [4.78, 5) is 15.4. The van der Waals surface area contributed by atoms with Crippen molar-refractivity contribution in [3.63, 3.8) is 0 Å². The van der Waals surface area contributed by atoms with Crippen molar-refractivity contribution >= 4 is 17.5 Å². The van der Waals surface area contributed by atoms with Crippen LogP contribution < -0.4 is 0 Å². The van der Waals surface area contributed by atoms with Crippen molar-refractivity contribution in [2.45, 2.75) is 19.4 Å². The maximum absolute atomic E-state index is 10.4. The van der Waals surface area contributed by atoms with Crippen LogP contribution in [0.4, 0.5) is 0 Å². The Kier molecular flexibility index (Phi) is 11.8. The number of rotatable bonds is 5. The molecule has 1 amide bonds. The van der Waals surface area contributed by atoms with Crippen molar-refractivity contribution in [3.8, 4) is 0 Å². The number of carbonyl (C=O) groups excluding carboxylic acids is 1. The number of halogens is 1. The van der Waals surface area contributed by atoms with Gasteiger partial charge in [-0.2, -0.15) is 0 Å². The molecule has 1 heterocycles. The SMILES string of the molecule is C[C@H]1CCN(C[C@H](c2ccccc2)N(C)C)C1.[NH-]C(=O)c1ccccc1Cl.[Pr]. The fourth-order valence-electron chi connectivity index (χ4n) is 3.32. The first-order chi connectivity index (χ1) is 12.9. The molecule has 28 heavy (non-hydrogen) atoms. The van der Waals surface area contributed by atoms with Crippen molar-refractivity contribution < 1.29 is 46.1 Å². The van der Waals surface area contributed by atoms with Crippen LogP contribution in [0.5, 0.6) is 0 Å². The Balaban J connectivity index is 0.000000307. The molecule has 3 rings (SSSR count). The van der Waals surface area contributed by atoms with Crippen molar-refractivity contribution in [1.29, 1.82) is 0 Å². The zero-order valence-electron chi connectivity index (χ0n) is 16.9. The van der Waals surface area contributed by atoms with Crippen LogP contribution in [0, 0.1) is 47.2 Å². The van der Waals surface area contributed by atoms with Gasteiger partial charge in [0.05, 0.1) is 5.91 Å². The van der Waals surface area contributed by atoms with Gasteiger partial charge in [-0.25, -0.2) is 0 Å². The summed E-state index contributed by atoms with van der Waals surface area (Å²) in [5.74, 6) is 0.124.